The Morgan fingerprint density at radius 1 is 1.00 bits per heavy atom. The molecule has 4 nitrogen and oxygen atoms in total. The number of hydrogen-bond donors (Lipinski definition) is 0. The Morgan fingerprint density at radius 2 is 1.84 bits per heavy atom. The van der Waals surface area contributed by atoms with E-state index in [0.717, 1.165) is 36.3 Å². The molecule has 2 heterocycles. The number of aryl methyl sites for hydroxylation is 1. The van der Waals surface area contributed by atoms with Gasteiger partial charge in [0.1, 0.15) is 5.75 Å². The van der Waals surface area contributed by atoms with E-state index in [1.54, 1.807) is 19.5 Å². The molecule has 156 valence electrons. The van der Waals surface area contributed by atoms with Gasteiger partial charge in [-0.3, -0.25) is 9.97 Å². The van der Waals surface area contributed by atoms with Crippen molar-refractivity contribution in [3.8, 4) is 5.75 Å². The third-order valence-corrected chi connectivity index (χ3v) is 7.13. The lowest BCUT2D eigenvalue weighted by Crippen LogP contribution is -2.24. The Kier molecular flexibility index (Phi) is 5.51. The van der Waals surface area contributed by atoms with Crippen LogP contribution in [0.3, 0.4) is 0 Å². The standard InChI is InChI=1S/C26H25N3OS/c1-18-7-10-23-26(15-18)31-25(20-5-3-4-6-24(20)30-2)11-14-29(23)17-19-8-9-21-22(16-19)28-13-12-27-21/h3-10,12-13,15-16,25H,11,14,17H2,1-2H3. The first kappa shape index (κ1) is 19.9. The van der Waals surface area contributed by atoms with E-state index >= 15 is 0 Å². The van der Waals surface area contributed by atoms with Crippen molar-refractivity contribution in [1.82, 2.24) is 9.97 Å². The second kappa shape index (κ2) is 8.60. The van der Waals surface area contributed by atoms with Crippen LogP contribution in [0.1, 0.15) is 28.4 Å². The molecule has 0 N–H and O–H groups in total. The van der Waals surface area contributed by atoms with Crippen molar-refractivity contribution in [3.05, 3.63) is 89.7 Å². The Morgan fingerprint density at radius 3 is 2.71 bits per heavy atom. The van der Waals surface area contributed by atoms with E-state index in [1.807, 2.05) is 17.8 Å². The Labute approximate surface area is 187 Å². The summed E-state index contributed by atoms with van der Waals surface area (Å²) >= 11 is 1.95. The molecule has 5 heteroatoms. The van der Waals surface area contributed by atoms with Crippen LogP contribution in [0, 0.1) is 6.92 Å². The third-order valence-electron chi connectivity index (χ3n) is 5.78. The molecule has 0 spiro atoms. The molecule has 1 atom stereocenters. The van der Waals surface area contributed by atoms with Gasteiger partial charge in [-0.25, -0.2) is 0 Å². The Hall–Kier alpha value is -3.05. The fourth-order valence-corrected chi connectivity index (χ4v) is 5.65. The predicted molar refractivity (Wildman–Crippen MR) is 128 cm³/mol. The smallest absolute Gasteiger partial charge is 0.123 e. The SMILES string of the molecule is COc1ccccc1C1CCN(Cc2ccc3nccnc3c2)c2ccc(C)cc2S1. The summed E-state index contributed by atoms with van der Waals surface area (Å²) in [5.74, 6) is 0.968. The lowest BCUT2D eigenvalue weighted by atomic mass is 10.1. The van der Waals surface area contributed by atoms with Crippen molar-refractivity contribution in [2.24, 2.45) is 0 Å². The number of ether oxygens (including phenoxy) is 1. The number of hydrogen-bond acceptors (Lipinski definition) is 5. The summed E-state index contributed by atoms with van der Waals surface area (Å²) in [7, 11) is 1.76. The van der Waals surface area contributed by atoms with Crippen LogP contribution >= 0.6 is 11.8 Å². The summed E-state index contributed by atoms with van der Waals surface area (Å²) in [4.78, 5) is 12.7. The highest BCUT2D eigenvalue weighted by atomic mass is 32.2. The van der Waals surface area contributed by atoms with E-state index in [4.69, 9.17) is 4.74 Å². The average Bonchev–Trinajstić information content (AvgIpc) is 2.98. The minimum Gasteiger partial charge on any atom is -0.496 e. The summed E-state index contributed by atoms with van der Waals surface area (Å²) in [5, 5.41) is 0.351. The van der Waals surface area contributed by atoms with Gasteiger partial charge in [0.05, 0.1) is 23.8 Å². The normalized spacial score (nSPS) is 16.1. The van der Waals surface area contributed by atoms with Crippen LogP contribution in [-0.4, -0.2) is 23.6 Å². The number of benzene rings is 3. The summed E-state index contributed by atoms with van der Waals surface area (Å²) in [6.45, 7) is 3.99. The second-order valence-corrected chi connectivity index (χ2v) is 9.15. The highest BCUT2D eigenvalue weighted by Crippen LogP contribution is 2.47. The highest BCUT2D eigenvalue weighted by Gasteiger charge is 2.25. The Balaban J connectivity index is 1.49. The van der Waals surface area contributed by atoms with Crippen LogP contribution < -0.4 is 9.64 Å². The molecule has 0 bridgehead atoms. The molecule has 1 unspecified atom stereocenters. The number of rotatable bonds is 4. The Bertz CT molecular complexity index is 1230. The van der Waals surface area contributed by atoms with Gasteiger partial charge in [-0.1, -0.05) is 30.3 Å². The maximum atomic E-state index is 5.67. The molecule has 1 aromatic heterocycles. The predicted octanol–water partition coefficient (Wildman–Crippen LogP) is 6.19. The van der Waals surface area contributed by atoms with Crippen molar-refractivity contribution in [1.29, 1.82) is 0 Å². The molecule has 31 heavy (non-hydrogen) atoms. The molecule has 5 rings (SSSR count). The maximum absolute atomic E-state index is 5.67. The van der Waals surface area contributed by atoms with Gasteiger partial charge in [0.2, 0.25) is 0 Å². The van der Waals surface area contributed by atoms with Gasteiger partial charge < -0.3 is 9.64 Å². The van der Waals surface area contributed by atoms with Crippen molar-refractivity contribution >= 4 is 28.5 Å². The zero-order valence-corrected chi connectivity index (χ0v) is 18.6. The summed E-state index contributed by atoms with van der Waals surface area (Å²) in [6, 6.07) is 21.6. The average molecular weight is 428 g/mol. The number of fused-ring (bicyclic) bond motifs is 2. The number of thioether (sulfide) groups is 1. The lowest BCUT2D eigenvalue weighted by molar-refractivity contribution is 0.409. The number of para-hydroxylation sites is 1. The fraction of sp³-hybridized carbons (Fsp3) is 0.231. The van der Waals surface area contributed by atoms with Crippen LogP contribution in [0.25, 0.3) is 11.0 Å². The van der Waals surface area contributed by atoms with E-state index in [1.165, 1.54) is 27.3 Å². The monoisotopic (exact) mass is 427 g/mol. The van der Waals surface area contributed by atoms with Crippen LogP contribution in [0.15, 0.2) is 78.0 Å². The fourth-order valence-electron chi connectivity index (χ4n) is 4.23. The van der Waals surface area contributed by atoms with Crippen LogP contribution in [0.5, 0.6) is 5.75 Å². The molecular weight excluding hydrogens is 402 g/mol. The molecule has 0 aliphatic carbocycles. The zero-order chi connectivity index (χ0) is 21.2. The topological polar surface area (TPSA) is 38.2 Å². The van der Waals surface area contributed by atoms with E-state index < -0.39 is 0 Å². The van der Waals surface area contributed by atoms with Crippen molar-refractivity contribution < 1.29 is 4.74 Å². The minimum absolute atomic E-state index is 0.351. The first-order chi connectivity index (χ1) is 15.2. The minimum atomic E-state index is 0.351. The molecule has 3 aromatic carbocycles. The van der Waals surface area contributed by atoms with E-state index in [9.17, 15) is 0 Å². The van der Waals surface area contributed by atoms with Crippen LogP contribution in [0.4, 0.5) is 5.69 Å². The molecule has 1 aliphatic rings. The van der Waals surface area contributed by atoms with Gasteiger partial charge >= 0.3 is 0 Å². The van der Waals surface area contributed by atoms with Crippen molar-refractivity contribution in [2.45, 2.75) is 30.0 Å². The van der Waals surface area contributed by atoms with Gasteiger partial charge in [0, 0.05) is 41.2 Å². The number of anilines is 1. The van der Waals surface area contributed by atoms with Crippen LogP contribution in [-0.2, 0) is 6.54 Å². The molecule has 0 fully saturated rings. The quantitative estimate of drug-likeness (QED) is 0.388. The zero-order valence-electron chi connectivity index (χ0n) is 17.8. The van der Waals surface area contributed by atoms with Gasteiger partial charge in [0.25, 0.3) is 0 Å². The lowest BCUT2D eigenvalue weighted by Gasteiger charge is -2.25. The maximum Gasteiger partial charge on any atom is 0.123 e. The first-order valence-corrected chi connectivity index (χ1v) is 11.4. The molecule has 1 aliphatic heterocycles. The van der Waals surface area contributed by atoms with Crippen molar-refractivity contribution in [3.63, 3.8) is 0 Å². The van der Waals surface area contributed by atoms with Gasteiger partial charge in [-0.15, -0.1) is 11.8 Å². The number of methoxy groups -OCH3 is 1. The second-order valence-electron chi connectivity index (χ2n) is 7.91. The molecule has 4 aromatic rings. The third kappa shape index (κ3) is 4.10. The van der Waals surface area contributed by atoms with Gasteiger partial charge in [-0.05, 0) is 54.8 Å². The molecular formula is C26H25N3OS. The van der Waals surface area contributed by atoms with Crippen LogP contribution in [0.2, 0.25) is 0 Å². The summed E-state index contributed by atoms with van der Waals surface area (Å²) in [6.07, 6.45) is 4.54. The van der Waals surface area contributed by atoms with Gasteiger partial charge in [-0.2, -0.15) is 0 Å². The van der Waals surface area contributed by atoms with E-state index in [2.05, 4.69) is 76.4 Å². The first-order valence-electron chi connectivity index (χ1n) is 10.6. The van der Waals surface area contributed by atoms with Crippen molar-refractivity contribution in [2.75, 3.05) is 18.6 Å². The largest absolute Gasteiger partial charge is 0.496 e. The molecule has 0 radical (unpaired) electrons. The molecule has 0 saturated carbocycles. The summed E-state index contributed by atoms with van der Waals surface area (Å²) < 4.78 is 5.67. The van der Waals surface area contributed by atoms with Gasteiger partial charge in [0.15, 0.2) is 0 Å². The number of nitrogens with zero attached hydrogens (tertiary/aromatic N) is 3. The molecule has 0 saturated heterocycles. The van der Waals surface area contributed by atoms with E-state index in [0.29, 0.717) is 5.25 Å². The highest BCUT2D eigenvalue weighted by molar-refractivity contribution is 7.99. The molecule has 0 amide bonds. The summed E-state index contributed by atoms with van der Waals surface area (Å²) in [5.41, 5.74) is 6.98. The number of aromatic nitrogens is 2. The van der Waals surface area contributed by atoms with E-state index in [-0.39, 0.29) is 0 Å².